The van der Waals surface area contributed by atoms with Crippen molar-refractivity contribution >= 4 is 11.9 Å². The lowest BCUT2D eigenvalue weighted by Gasteiger charge is -2.11. The first-order valence-electron chi connectivity index (χ1n) is 8.01. The molecule has 0 radical (unpaired) electrons. The Hall–Kier alpha value is -2.08. The minimum absolute atomic E-state index is 0.157. The number of rotatable bonds is 7. The standard InChI is InChI=1S/C17H21NO5/c19-16(18-13-5-6-13)11-23-17(20)12-3-7-14(8-4-12)22-10-15-2-1-9-21-15/h3-4,7-8,13,15H,1-2,5-6,9-11H2,(H,18,19)/t15-/m0/s1. The zero-order valence-corrected chi connectivity index (χ0v) is 13.0. The molecule has 124 valence electrons. The van der Waals surface area contributed by atoms with Crippen molar-refractivity contribution in [3.8, 4) is 5.75 Å². The molecule has 1 aromatic rings. The molecule has 1 saturated heterocycles. The summed E-state index contributed by atoms with van der Waals surface area (Å²) >= 11 is 0. The number of ether oxygens (including phenoxy) is 3. The zero-order chi connectivity index (χ0) is 16.1. The van der Waals surface area contributed by atoms with E-state index in [0.29, 0.717) is 17.9 Å². The molecule has 1 aliphatic heterocycles. The third kappa shape index (κ3) is 4.96. The van der Waals surface area contributed by atoms with Crippen LogP contribution >= 0.6 is 0 Å². The second-order valence-electron chi connectivity index (χ2n) is 5.89. The fourth-order valence-electron chi connectivity index (χ4n) is 2.36. The Labute approximate surface area is 135 Å². The Kier molecular flexibility index (Phi) is 5.12. The van der Waals surface area contributed by atoms with Crippen LogP contribution in [0.1, 0.15) is 36.0 Å². The Morgan fingerprint density at radius 2 is 1.96 bits per heavy atom. The molecule has 3 rings (SSSR count). The normalized spacial score (nSPS) is 20.1. The number of benzene rings is 1. The summed E-state index contributed by atoms with van der Waals surface area (Å²) in [5.74, 6) is -0.0810. The summed E-state index contributed by atoms with van der Waals surface area (Å²) in [6.45, 7) is 1.07. The third-order valence-electron chi connectivity index (χ3n) is 3.83. The second-order valence-corrected chi connectivity index (χ2v) is 5.89. The van der Waals surface area contributed by atoms with Gasteiger partial charge in [-0.15, -0.1) is 0 Å². The van der Waals surface area contributed by atoms with Crippen LogP contribution in [0.2, 0.25) is 0 Å². The molecular formula is C17H21NO5. The van der Waals surface area contributed by atoms with Crippen molar-refractivity contribution in [1.29, 1.82) is 0 Å². The Morgan fingerprint density at radius 1 is 1.17 bits per heavy atom. The first-order chi connectivity index (χ1) is 11.2. The van der Waals surface area contributed by atoms with Crippen molar-refractivity contribution in [2.75, 3.05) is 19.8 Å². The van der Waals surface area contributed by atoms with Crippen molar-refractivity contribution in [2.45, 2.75) is 37.8 Å². The molecule has 2 aliphatic rings. The van der Waals surface area contributed by atoms with E-state index in [1.165, 1.54) is 0 Å². The number of hydrogen-bond donors (Lipinski definition) is 1. The van der Waals surface area contributed by atoms with Gasteiger partial charge in [-0.2, -0.15) is 0 Å². The fourth-order valence-corrected chi connectivity index (χ4v) is 2.36. The van der Waals surface area contributed by atoms with Gasteiger partial charge in [-0.3, -0.25) is 4.79 Å². The van der Waals surface area contributed by atoms with Crippen LogP contribution in [-0.4, -0.2) is 43.8 Å². The number of amides is 1. The first-order valence-corrected chi connectivity index (χ1v) is 8.01. The topological polar surface area (TPSA) is 73.9 Å². The molecule has 0 unspecified atom stereocenters. The molecule has 1 amide bonds. The van der Waals surface area contributed by atoms with Crippen molar-refractivity contribution < 1.29 is 23.8 Å². The lowest BCUT2D eigenvalue weighted by atomic mass is 10.2. The van der Waals surface area contributed by atoms with E-state index < -0.39 is 5.97 Å². The van der Waals surface area contributed by atoms with Crippen LogP contribution in [0.25, 0.3) is 0 Å². The van der Waals surface area contributed by atoms with Gasteiger partial charge in [-0.05, 0) is 49.9 Å². The highest BCUT2D eigenvalue weighted by atomic mass is 16.5. The first kappa shape index (κ1) is 15.8. The molecule has 1 N–H and O–H groups in total. The van der Waals surface area contributed by atoms with Gasteiger partial charge < -0.3 is 19.5 Å². The van der Waals surface area contributed by atoms with Gasteiger partial charge in [0.05, 0.1) is 11.7 Å². The van der Waals surface area contributed by atoms with Gasteiger partial charge in [0, 0.05) is 12.6 Å². The van der Waals surface area contributed by atoms with E-state index in [-0.39, 0.29) is 24.7 Å². The Bertz CT molecular complexity index is 547. The molecule has 0 spiro atoms. The van der Waals surface area contributed by atoms with E-state index in [4.69, 9.17) is 14.2 Å². The largest absolute Gasteiger partial charge is 0.491 e. The molecule has 1 heterocycles. The van der Waals surface area contributed by atoms with Gasteiger partial charge in [0.2, 0.25) is 0 Å². The van der Waals surface area contributed by atoms with Crippen molar-refractivity contribution in [3.63, 3.8) is 0 Å². The molecule has 1 saturated carbocycles. The molecule has 1 aliphatic carbocycles. The van der Waals surface area contributed by atoms with E-state index in [1.807, 2.05) is 0 Å². The molecule has 23 heavy (non-hydrogen) atoms. The summed E-state index contributed by atoms with van der Waals surface area (Å²) in [6, 6.07) is 6.96. The highest BCUT2D eigenvalue weighted by Gasteiger charge is 2.23. The van der Waals surface area contributed by atoms with E-state index in [2.05, 4.69) is 5.32 Å². The smallest absolute Gasteiger partial charge is 0.338 e. The zero-order valence-electron chi connectivity index (χ0n) is 13.0. The maximum absolute atomic E-state index is 11.9. The van der Waals surface area contributed by atoms with E-state index in [9.17, 15) is 9.59 Å². The predicted molar refractivity (Wildman–Crippen MR) is 82.4 cm³/mol. The SMILES string of the molecule is O=C(COC(=O)c1ccc(OC[C@@H]2CCCO2)cc1)NC1CC1. The minimum Gasteiger partial charge on any atom is -0.491 e. The number of esters is 1. The Balaban J connectivity index is 1.41. The summed E-state index contributed by atoms with van der Waals surface area (Å²) in [7, 11) is 0. The average molecular weight is 319 g/mol. The van der Waals surface area contributed by atoms with Crippen LogP contribution in [0, 0.1) is 0 Å². The monoisotopic (exact) mass is 319 g/mol. The average Bonchev–Trinajstić information content (AvgIpc) is 3.22. The molecule has 1 aromatic carbocycles. The Morgan fingerprint density at radius 3 is 2.61 bits per heavy atom. The van der Waals surface area contributed by atoms with E-state index >= 15 is 0 Å². The van der Waals surface area contributed by atoms with Gasteiger partial charge >= 0.3 is 5.97 Å². The van der Waals surface area contributed by atoms with Crippen molar-refractivity contribution in [2.24, 2.45) is 0 Å². The lowest BCUT2D eigenvalue weighted by molar-refractivity contribution is -0.124. The number of carbonyl (C=O) groups is 2. The maximum atomic E-state index is 11.9. The quantitative estimate of drug-likeness (QED) is 0.774. The maximum Gasteiger partial charge on any atom is 0.338 e. The molecule has 0 aromatic heterocycles. The molecule has 0 bridgehead atoms. The molecule has 2 fully saturated rings. The number of hydrogen-bond acceptors (Lipinski definition) is 5. The summed E-state index contributed by atoms with van der Waals surface area (Å²) in [5, 5.41) is 2.77. The highest BCUT2D eigenvalue weighted by Crippen LogP contribution is 2.19. The highest BCUT2D eigenvalue weighted by molar-refractivity contribution is 5.91. The summed E-state index contributed by atoms with van der Waals surface area (Å²) in [6.07, 6.45) is 4.27. The summed E-state index contributed by atoms with van der Waals surface area (Å²) < 4.78 is 16.1. The fraction of sp³-hybridized carbons (Fsp3) is 0.529. The molecule has 1 atom stereocenters. The molecular weight excluding hydrogens is 298 g/mol. The number of carbonyl (C=O) groups excluding carboxylic acids is 2. The van der Waals surface area contributed by atoms with Crippen molar-refractivity contribution in [1.82, 2.24) is 5.32 Å². The van der Waals surface area contributed by atoms with Gasteiger partial charge in [0.15, 0.2) is 6.61 Å². The lowest BCUT2D eigenvalue weighted by Crippen LogP contribution is -2.30. The predicted octanol–water partition coefficient (Wildman–Crippen LogP) is 1.68. The van der Waals surface area contributed by atoms with E-state index in [1.54, 1.807) is 24.3 Å². The van der Waals surface area contributed by atoms with Gasteiger partial charge in [-0.1, -0.05) is 0 Å². The minimum atomic E-state index is -0.512. The second kappa shape index (κ2) is 7.46. The van der Waals surface area contributed by atoms with Gasteiger partial charge in [-0.25, -0.2) is 4.79 Å². The molecule has 6 heteroatoms. The van der Waals surface area contributed by atoms with Crippen molar-refractivity contribution in [3.05, 3.63) is 29.8 Å². The molecule has 6 nitrogen and oxygen atoms in total. The van der Waals surface area contributed by atoms with Crippen LogP contribution in [0.4, 0.5) is 0 Å². The van der Waals surface area contributed by atoms with Crippen LogP contribution < -0.4 is 10.1 Å². The summed E-state index contributed by atoms with van der Waals surface area (Å²) in [4.78, 5) is 23.3. The third-order valence-corrected chi connectivity index (χ3v) is 3.83. The van der Waals surface area contributed by atoms with Crippen LogP contribution in [0.15, 0.2) is 24.3 Å². The van der Waals surface area contributed by atoms with Crippen LogP contribution in [0.5, 0.6) is 5.75 Å². The van der Waals surface area contributed by atoms with Gasteiger partial charge in [0.1, 0.15) is 12.4 Å². The van der Waals surface area contributed by atoms with E-state index in [0.717, 1.165) is 32.3 Å². The van der Waals surface area contributed by atoms with Gasteiger partial charge in [0.25, 0.3) is 5.91 Å². The number of nitrogens with one attached hydrogen (secondary N) is 1. The van der Waals surface area contributed by atoms with Crippen LogP contribution in [-0.2, 0) is 14.3 Å². The van der Waals surface area contributed by atoms with Crippen LogP contribution in [0.3, 0.4) is 0 Å². The summed E-state index contributed by atoms with van der Waals surface area (Å²) in [5.41, 5.74) is 0.397.